The minimum atomic E-state index is -0.317. The zero-order valence-electron chi connectivity index (χ0n) is 18.7. The summed E-state index contributed by atoms with van der Waals surface area (Å²) >= 11 is 1.70. The standard InChI is InChI=1S/C24H25N5O2S/c1-13(2)29-22-19(12-26-29)18(11-21(27-22)17-10-14(3)32-15(17)4)24(31)28-20-9-7-6-8-16(20)23(30)25-5/h6-13H,1-5H3,(H,25,30)(H,28,31). The second-order valence-electron chi connectivity index (χ2n) is 7.88. The Labute approximate surface area is 190 Å². The number of fused-ring (bicyclic) bond motifs is 1. The van der Waals surface area contributed by atoms with Crippen LogP contribution in [0.15, 0.2) is 42.6 Å². The van der Waals surface area contributed by atoms with E-state index in [4.69, 9.17) is 4.98 Å². The normalized spacial score (nSPS) is 11.2. The van der Waals surface area contributed by atoms with Crippen molar-refractivity contribution in [3.63, 3.8) is 0 Å². The van der Waals surface area contributed by atoms with Crippen LogP contribution in [0.25, 0.3) is 22.3 Å². The first kappa shape index (κ1) is 21.7. The third-order valence-electron chi connectivity index (χ3n) is 5.26. The number of nitrogens with zero attached hydrogens (tertiary/aromatic N) is 3. The molecule has 4 rings (SSSR count). The van der Waals surface area contributed by atoms with Crippen LogP contribution in [0.4, 0.5) is 5.69 Å². The van der Waals surface area contributed by atoms with Gasteiger partial charge in [0.25, 0.3) is 11.8 Å². The van der Waals surface area contributed by atoms with Crippen molar-refractivity contribution >= 4 is 39.9 Å². The summed E-state index contributed by atoms with van der Waals surface area (Å²) in [5.74, 6) is -0.582. The molecule has 2 amide bonds. The van der Waals surface area contributed by atoms with Crippen LogP contribution in [0.2, 0.25) is 0 Å². The molecule has 0 spiro atoms. The monoisotopic (exact) mass is 447 g/mol. The second-order valence-corrected chi connectivity index (χ2v) is 9.34. The fourth-order valence-electron chi connectivity index (χ4n) is 3.72. The molecular weight excluding hydrogens is 422 g/mol. The van der Waals surface area contributed by atoms with Crippen LogP contribution in [-0.2, 0) is 0 Å². The van der Waals surface area contributed by atoms with Crippen LogP contribution in [0, 0.1) is 13.8 Å². The molecule has 1 aromatic carbocycles. The Balaban J connectivity index is 1.86. The van der Waals surface area contributed by atoms with Crippen molar-refractivity contribution in [3.05, 3.63) is 63.5 Å². The van der Waals surface area contributed by atoms with Crippen LogP contribution in [-0.4, -0.2) is 33.6 Å². The van der Waals surface area contributed by atoms with E-state index in [2.05, 4.69) is 35.6 Å². The Kier molecular flexibility index (Phi) is 5.80. The number of hydrogen-bond acceptors (Lipinski definition) is 5. The molecule has 0 fully saturated rings. The third kappa shape index (κ3) is 3.89. The van der Waals surface area contributed by atoms with E-state index in [0.29, 0.717) is 27.8 Å². The summed E-state index contributed by atoms with van der Waals surface area (Å²) in [5, 5.41) is 10.7. The fraction of sp³-hybridized carbons (Fsp3) is 0.250. The number of pyridine rings is 1. The molecule has 0 radical (unpaired) electrons. The molecule has 0 aliphatic rings. The molecule has 0 saturated carbocycles. The molecule has 0 aliphatic heterocycles. The minimum Gasteiger partial charge on any atom is -0.355 e. The first-order chi connectivity index (χ1) is 15.3. The molecule has 3 heterocycles. The van der Waals surface area contributed by atoms with Gasteiger partial charge < -0.3 is 10.6 Å². The van der Waals surface area contributed by atoms with Gasteiger partial charge in [-0.2, -0.15) is 5.10 Å². The fourth-order valence-corrected chi connectivity index (χ4v) is 4.65. The summed E-state index contributed by atoms with van der Waals surface area (Å²) in [7, 11) is 1.56. The van der Waals surface area contributed by atoms with Crippen LogP contribution in [0.1, 0.15) is 50.4 Å². The topological polar surface area (TPSA) is 88.9 Å². The van der Waals surface area contributed by atoms with Crippen molar-refractivity contribution in [2.75, 3.05) is 12.4 Å². The second kappa shape index (κ2) is 8.55. The number of anilines is 1. The predicted molar refractivity (Wildman–Crippen MR) is 128 cm³/mol. The first-order valence-electron chi connectivity index (χ1n) is 10.4. The van der Waals surface area contributed by atoms with Crippen LogP contribution in [0.3, 0.4) is 0 Å². The Bertz CT molecular complexity index is 1340. The quantitative estimate of drug-likeness (QED) is 0.452. The predicted octanol–water partition coefficient (Wildman–Crippen LogP) is 4.97. The minimum absolute atomic E-state index is 0.0884. The molecule has 2 N–H and O–H groups in total. The average Bonchev–Trinajstić information content (AvgIpc) is 3.35. The summed E-state index contributed by atoms with van der Waals surface area (Å²) in [6.45, 7) is 8.17. The number of benzene rings is 1. The van der Waals surface area contributed by atoms with Crippen LogP contribution < -0.4 is 10.6 Å². The van der Waals surface area contributed by atoms with Crippen molar-refractivity contribution in [2.24, 2.45) is 0 Å². The first-order valence-corrected chi connectivity index (χ1v) is 11.2. The van der Waals surface area contributed by atoms with Gasteiger partial charge >= 0.3 is 0 Å². The highest BCUT2D eigenvalue weighted by atomic mass is 32.1. The van der Waals surface area contributed by atoms with Crippen molar-refractivity contribution in [1.29, 1.82) is 0 Å². The van der Waals surface area contributed by atoms with Gasteiger partial charge in [0, 0.05) is 28.4 Å². The van der Waals surface area contributed by atoms with Gasteiger partial charge in [0.15, 0.2) is 5.65 Å². The number of carbonyl (C=O) groups excluding carboxylic acids is 2. The maximum atomic E-state index is 13.4. The van der Waals surface area contributed by atoms with Gasteiger partial charge in [-0.3, -0.25) is 9.59 Å². The van der Waals surface area contributed by atoms with Crippen molar-refractivity contribution in [1.82, 2.24) is 20.1 Å². The molecule has 4 aromatic rings. The van der Waals surface area contributed by atoms with Crippen molar-refractivity contribution in [2.45, 2.75) is 33.7 Å². The number of aromatic nitrogens is 3. The number of thiophene rings is 1. The highest BCUT2D eigenvalue weighted by Gasteiger charge is 2.21. The number of hydrogen-bond donors (Lipinski definition) is 2. The highest BCUT2D eigenvalue weighted by Crippen LogP contribution is 2.33. The molecule has 0 bridgehead atoms. The van der Waals surface area contributed by atoms with E-state index in [1.807, 2.05) is 18.5 Å². The Hall–Kier alpha value is -3.52. The number of rotatable bonds is 5. The van der Waals surface area contributed by atoms with Gasteiger partial charge in [0.2, 0.25) is 0 Å². The van der Waals surface area contributed by atoms with E-state index >= 15 is 0 Å². The molecule has 32 heavy (non-hydrogen) atoms. The van der Waals surface area contributed by atoms with Crippen LogP contribution >= 0.6 is 11.3 Å². The SMILES string of the molecule is CNC(=O)c1ccccc1NC(=O)c1cc(-c2cc(C)sc2C)nc2c1cnn2C(C)C. The van der Waals surface area contributed by atoms with Crippen molar-refractivity contribution in [3.8, 4) is 11.3 Å². The molecule has 164 valence electrons. The maximum absolute atomic E-state index is 13.4. The molecule has 0 saturated heterocycles. The number of aryl methyl sites for hydroxylation is 2. The van der Waals surface area contributed by atoms with E-state index < -0.39 is 0 Å². The Morgan fingerprint density at radius 2 is 1.81 bits per heavy atom. The summed E-state index contributed by atoms with van der Waals surface area (Å²) in [4.78, 5) is 32.9. The largest absolute Gasteiger partial charge is 0.355 e. The number of amides is 2. The molecule has 0 atom stereocenters. The lowest BCUT2D eigenvalue weighted by Gasteiger charge is -2.13. The highest BCUT2D eigenvalue weighted by molar-refractivity contribution is 7.12. The summed E-state index contributed by atoms with van der Waals surface area (Å²) in [6, 6.07) is 10.9. The van der Waals surface area contributed by atoms with Gasteiger partial charge in [-0.25, -0.2) is 9.67 Å². The van der Waals surface area contributed by atoms with Crippen molar-refractivity contribution < 1.29 is 9.59 Å². The summed E-state index contributed by atoms with van der Waals surface area (Å²) in [5.41, 5.74) is 3.70. The van der Waals surface area contributed by atoms with Gasteiger partial charge in [-0.15, -0.1) is 11.3 Å². The van der Waals surface area contributed by atoms with Gasteiger partial charge in [-0.1, -0.05) is 12.1 Å². The maximum Gasteiger partial charge on any atom is 0.256 e. The van der Waals surface area contributed by atoms with Gasteiger partial charge in [0.05, 0.1) is 34.1 Å². The van der Waals surface area contributed by atoms with E-state index in [1.54, 1.807) is 54.9 Å². The zero-order valence-corrected chi connectivity index (χ0v) is 19.5. The summed E-state index contributed by atoms with van der Waals surface area (Å²) in [6.07, 6.45) is 1.68. The van der Waals surface area contributed by atoms with E-state index in [9.17, 15) is 9.59 Å². The molecule has 0 unspecified atom stereocenters. The average molecular weight is 448 g/mol. The molecule has 8 heteroatoms. The van der Waals surface area contributed by atoms with E-state index in [-0.39, 0.29) is 17.9 Å². The lowest BCUT2D eigenvalue weighted by Crippen LogP contribution is -2.21. The van der Waals surface area contributed by atoms with Gasteiger partial charge in [-0.05, 0) is 52.0 Å². The zero-order chi connectivity index (χ0) is 23.0. The Morgan fingerprint density at radius 1 is 1.06 bits per heavy atom. The number of nitrogens with one attached hydrogen (secondary N) is 2. The number of para-hydroxylation sites is 1. The lowest BCUT2D eigenvalue weighted by atomic mass is 10.1. The van der Waals surface area contributed by atoms with Gasteiger partial charge in [0.1, 0.15) is 0 Å². The summed E-state index contributed by atoms with van der Waals surface area (Å²) < 4.78 is 1.82. The Morgan fingerprint density at radius 3 is 2.47 bits per heavy atom. The third-order valence-corrected chi connectivity index (χ3v) is 6.23. The van der Waals surface area contributed by atoms with E-state index in [0.717, 1.165) is 16.1 Å². The molecule has 7 nitrogen and oxygen atoms in total. The molecular formula is C24H25N5O2S. The van der Waals surface area contributed by atoms with Crippen LogP contribution in [0.5, 0.6) is 0 Å². The van der Waals surface area contributed by atoms with E-state index in [1.165, 1.54) is 4.88 Å². The number of carbonyl (C=O) groups is 2. The molecule has 0 aliphatic carbocycles. The molecule has 3 aromatic heterocycles. The smallest absolute Gasteiger partial charge is 0.256 e. The lowest BCUT2D eigenvalue weighted by molar-refractivity contribution is 0.0964.